The molecular weight excluding hydrogens is 248 g/mol. The van der Waals surface area contributed by atoms with Crippen molar-refractivity contribution in [3.8, 4) is 11.5 Å². The second-order valence-electron chi connectivity index (χ2n) is 5.08. The smallest absolute Gasteiger partial charge is 0.130 e. The first-order valence-electron chi connectivity index (χ1n) is 7.13. The zero-order valence-corrected chi connectivity index (χ0v) is 12.4. The van der Waals surface area contributed by atoms with E-state index in [1.165, 1.54) is 5.56 Å². The summed E-state index contributed by atoms with van der Waals surface area (Å²) in [6, 6.07) is 12.5. The molecule has 0 saturated carbocycles. The van der Waals surface area contributed by atoms with Gasteiger partial charge in [-0.25, -0.2) is 0 Å². The molecule has 2 aromatic rings. The van der Waals surface area contributed by atoms with Crippen LogP contribution in [0.2, 0.25) is 0 Å². The zero-order chi connectivity index (χ0) is 14.4. The Bertz CT molecular complexity index is 552. The van der Waals surface area contributed by atoms with Crippen molar-refractivity contribution >= 4 is 0 Å². The topological polar surface area (TPSA) is 34.1 Å². The van der Waals surface area contributed by atoms with E-state index in [1.807, 2.05) is 30.3 Å². The minimum atomic E-state index is 0.446. The summed E-state index contributed by atoms with van der Waals surface area (Å²) in [5.74, 6) is 1.76. The molecule has 1 aromatic carbocycles. The van der Waals surface area contributed by atoms with E-state index < -0.39 is 0 Å². The summed E-state index contributed by atoms with van der Waals surface area (Å²) in [5, 5.41) is 3.36. The van der Waals surface area contributed by atoms with Crippen molar-refractivity contribution in [2.24, 2.45) is 0 Å². The number of benzene rings is 1. The summed E-state index contributed by atoms with van der Waals surface area (Å²) in [4.78, 5) is 4.35. The molecule has 0 spiro atoms. The fraction of sp³-hybridized carbons (Fsp3) is 0.353. The lowest BCUT2D eigenvalue weighted by molar-refractivity contribution is 0.474. The molecule has 0 aliphatic carbocycles. The Balaban J connectivity index is 2.11. The van der Waals surface area contributed by atoms with Crippen LogP contribution in [0.4, 0.5) is 0 Å². The molecule has 0 atom stereocenters. The number of hydrogen-bond donors (Lipinski definition) is 1. The maximum absolute atomic E-state index is 5.98. The SMILES string of the molecule is CCc1ccccc1Oc1ccnc(CNC(C)C)c1. The molecule has 0 aliphatic rings. The third-order valence-corrected chi connectivity index (χ3v) is 3.06. The second-order valence-corrected chi connectivity index (χ2v) is 5.08. The van der Waals surface area contributed by atoms with Gasteiger partial charge in [0.05, 0.1) is 5.69 Å². The van der Waals surface area contributed by atoms with Crippen molar-refractivity contribution in [1.82, 2.24) is 10.3 Å². The van der Waals surface area contributed by atoms with E-state index in [4.69, 9.17) is 4.74 Å². The van der Waals surface area contributed by atoms with Crippen LogP contribution in [0.1, 0.15) is 32.0 Å². The molecule has 0 bridgehead atoms. The Kier molecular flexibility index (Phi) is 5.13. The van der Waals surface area contributed by atoms with Crippen LogP contribution in [0.3, 0.4) is 0 Å². The summed E-state index contributed by atoms with van der Waals surface area (Å²) >= 11 is 0. The van der Waals surface area contributed by atoms with E-state index in [0.717, 1.165) is 30.2 Å². The quantitative estimate of drug-likeness (QED) is 0.863. The van der Waals surface area contributed by atoms with Crippen molar-refractivity contribution in [3.63, 3.8) is 0 Å². The molecule has 0 unspecified atom stereocenters. The normalized spacial score (nSPS) is 10.8. The standard InChI is InChI=1S/C17H22N2O/c1-4-14-7-5-6-8-17(14)20-16-9-10-18-15(11-16)12-19-13(2)3/h5-11,13,19H,4,12H2,1-3H3. The van der Waals surface area contributed by atoms with Gasteiger partial charge in [0.15, 0.2) is 0 Å². The number of ether oxygens (including phenoxy) is 1. The van der Waals surface area contributed by atoms with Crippen molar-refractivity contribution < 1.29 is 4.74 Å². The third kappa shape index (κ3) is 4.07. The summed E-state index contributed by atoms with van der Waals surface area (Å²) in [6.07, 6.45) is 2.75. The molecule has 0 radical (unpaired) electrons. The highest BCUT2D eigenvalue weighted by molar-refractivity contribution is 5.37. The molecule has 106 valence electrons. The zero-order valence-electron chi connectivity index (χ0n) is 12.4. The molecule has 3 heteroatoms. The number of hydrogen-bond acceptors (Lipinski definition) is 3. The highest BCUT2D eigenvalue weighted by atomic mass is 16.5. The van der Waals surface area contributed by atoms with Gasteiger partial charge in [-0.3, -0.25) is 4.98 Å². The molecule has 1 N–H and O–H groups in total. The van der Waals surface area contributed by atoms with Gasteiger partial charge in [-0.05, 0) is 24.1 Å². The molecule has 2 rings (SSSR count). The van der Waals surface area contributed by atoms with Gasteiger partial charge >= 0.3 is 0 Å². The number of aromatic nitrogens is 1. The van der Waals surface area contributed by atoms with E-state index in [9.17, 15) is 0 Å². The van der Waals surface area contributed by atoms with Crippen LogP contribution in [0.5, 0.6) is 11.5 Å². The highest BCUT2D eigenvalue weighted by Crippen LogP contribution is 2.25. The Labute approximate surface area is 121 Å². The van der Waals surface area contributed by atoms with E-state index in [2.05, 4.69) is 37.1 Å². The first kappa shape index (κ1) is 14.5. The molecule has 0 saturated heterocycles. The Morgan fingerprint density at radius 2 is 2.00 bits per heavy atom. The molecule has 0 fully saturated rings. The molecule has 1 aromatic heterocycles. The minimum Gasteiger partial charge on any atom is -0.457 e. The van der Waals surface area contributed by atoms with Crippen molar-refractivity contribution in [2.45, 2.75) is 39.8 Å². The fourth-order valence-corrected chi connectivity index (χ4v) is 1.95. The summed E-state index contributed by atoms with van der Waals surface area (Å²) in [6.45, 7) is 7.13. The molecule has 0 aliphatic heterocycles. The van der Waals surface area contributed by atoms with Crippen LogP contribution in [0, 0.1) is 0 Å². The number of para-hydroxylation sites is 1. The number of nitrogens with zero attached hydrogens (tertiary/aromatic N) is 1. The molecule has 0 amide bonds. The summed E-state index contributed by atoms with van der Waals surface area (Å²) in [7, 11) is 0. The third-order valence-electron chi connectivity index (χ3n) is 3.06. The van der Waals surface area contributed by atoms with Crippen LogP contribution in [-0.4, -0.2) is 11.0 Å². The van der Waals surface area contributed by atoms with Crippen LogP contribution in [-0.2, 0) is 13.0 Å². The van der Waals surface area contributed by atoms with Gasteiger partial charge in [-0.1, -0.05) is 39.0 Å². The van der Waals surface area contributed by atoms with Crippen LogP contribution < -0.4 is 10.1 Å². The van der Waals surface area contributed by atoms with Crippen molar-refractivity contribution in [3.05, 3.63) is 53.9 Å². The number of rotatable bonds is 6. The van der Waals surface area contributed by atoms with Gasteiger partial charge in [0.2, 0.25) is 0 Å². The van der Waals surface area contributed by atoms with Crippen LogP contribution in [0.25, 0.3) is 0 Å². The maximum atomic E-state index is 5.98. The van der Waals surface area contributed by atoms with E-state index in [-0.39, 0.29) is 0 Å². The monoisotopic (exact) mass is 270 g/mol. The van der Waals surface area contributed by atoms with Gasteiger partial charge in [0, 0.05) is 24.8 Å². The lowest BCUT2D eigenvalue weighted by Crippen LogP contribution is -2.22. The number of nitrogens with one attached hydrogen (secondary N) is 1. The Morgan fingerprint density at radius 1 is 1.20 bits per heavy atom. The largest absolute Gasteiger partial charge is 0.457 e. The maximum Gasteiger partial charge on any atom is 0.130 e. The molecule has 20 heavy (non-hydrogen) atoms. The molecular formula is C17H22N2O. The summed E-state index contributed by atoms with van der Waals surface area (Å²) in [5.41, 5.74) is 2.20. The van der Waals surface area contributed by atoms with Gasteiger partial charge in [0.25, 0.3) is 0 Å². The average molecular weight is 270 g/mol. The fourth-order valence-electron chi connectivity index (χ4n) is 1.95. The highest BCUT2D eigenvalue weighted by Gasteiger charge is 2.04. The first-order chi connectivity index (χ1) is 9.69. The van der Waals surface area contributed by atoms with Crippen molar-refractivity contribution in [2.75, 3.05) is 0 Å². The molecule has 3 nitrogen and oxygen atoms in total. The van der Waals surface area contributed by atoms with E-state index >= 15 is 0 Å². The average Bonchev–Trinajstić information content (AvgIpc) is 2.46. The lowest BCUT2D eigenvalue weighted by atomic mass is 10.1. The van der Waals surface area contributed by atoms with Crippen molar-refractivity contribution in [1.29, 1.82) is 0 Å². The van der Waals surface area contributed by atoms with Crippen LogP contribution in [0.15, 0.2) is 42.6 Å². The molecule has 1 heterocycles. The van der Waals surface area contributed by atoms with Gasteiger partial charge in [0.1, 0.15) is 11.5 Å². The Morgan fingerprint density at radius 3 is 2.75 bits per heavy atom. The van der Waals surface area contributed by atoms with Gasteiger partial charge < -0.3 is 10.1 Å². The van der Waals surface area contributed by atoms with Crippen LogP contribution >= 0.6 is 0 Å². The van der Waals surface area contributed by atoms with E-state index in [1.54, 1.807) is 6.20 Å². The second kappa shape index (κ2) is 7.06. The predicted molar refractivity (Wildman–Crippen MR) is 82.1 cm³/mol. The Hall–Kier alpha value is -1.87. The number of pyridine rings is 1. The lowest BCUT2D eigenvalue weighted by Gasteiger charge is -2.11. The predicted octanol–water partition coefficient (Wildman–Crippen LogP) is 3.93. The van der Waals surface area contributed by atoms with E-state index in [0.29, 0.717) is 6.04 Å². The first-order valence-corrected chi connectivity index (χ1v) is 7.13. The minimum absolute atomic E-state index is 0.446. The number of aryl methyl sites for hydroxylation is 1. The summed E-state index contributed by atoms with van der Waals surface area (Å²) < 4.78 is 5.98. The van der Waals surface area contributed by atoms with Gasteiger partial charge in [-0.2, -0.15) is 0 Å². The van der Waals surface area contributed by atoms with Gasteiger partial charge in [-0.15, -0.1) is 0 Å².